The Balaban J connectivity index is 2.01. The van der Waals surface area contributed by atoms with E-state index in [2.05, 4.69) is 31.4 Å². The number of halogens is 1. The van der Waals surface area contributed by atoms with E-state index in [-0.39, 0.29) is 5.38 Å². The summed E-state index contributed by atoms with van der Waals surface area (Å²) in [4.78, 5) is 9.12. The summed E-state index contributed by atoms with van der Waals surface area (Å²) in [5.41, 5.74) is 2.99. The molecule has 0 aromatic carbocycles. The molecule has 0 fully saturated rings. The molecule has 1 atom stereocenters. The third-order valence-electron chi connectivity index (χ3n) is 3.37. The van der Waals surface area contributed by atoms with Crippen molar-refractivity contribution < 1.29 is 4.74 Å². The zero-order chi connectivity index (χ0) is 14.8. The van der Waals surface area contributed by atoms with Crippen LogP contribution in [0.1, 0.15) is 23.7 Å². The van der Waals surface area contributed by atoms with E-state index in [1.54, 1.807) is 18.4 Å². The summed E-state index contributed by atoms with van der Waals surface area (Å²) in [5, 5.41) is 4.10. The zero-order valence-electron chi connectivity index (χ0n) is 11.9. The van der Waals surface area contributed by atoms with Crippen molar-refractivity contribution in [1.29, 1.82) is 0 Å². The zero-order valence-corrected chi connectivity index (χ0v) is 13.5. The molecule has 0 amide bonds. The average molecular weight is 322 g/mol. The Bertz CT molecular complexity index is 737. The predicted molar refractivity (Wildman–Crippen MR) is 86.4 cm³/mol. The quantitative estimate of drug-likeness (QED) is 0.666. The van der Waals surface area contributed by atoms with Crippen LogP contribution >= 0.6 is 22.9 Å². The van der Waals surface area contributed by atoms with Crippen molar-refractivity contribution in [2.75, 3.05) is 7.11 Å². The largest absolute Gasteiger partial charge is 0.481 e. The highest BCUT2D eigenvalue weighted by Gasteiger charge is 2.16. The van der Waals surface area contributed by atoms with E-state index in [4.69, 9.17) is 16.3 Å². The van der Waals surface area contributed by atoms with Gasteiger partial charge in [-0.2, -0.15) is 16.3 Å². The molecule has 3 heterocycles. The molecule has 0 aliphatic heterocycles. The van der Waals surface area contributed by atoms with Crippen LogP contribution in [0.5, 0.6) is 5.88 Å². The summed E-state index contributed by atoms with van der Waals surface area (Å²) in [6, 6.07) is 5.88. The molecular weight excluding hydrogens is 306 g/mol. The van der Waals surface area contributed by atoms with E-state index < -0.39 is 0 Å². The first kappa shape index (κ1) is 14.4. The predicted octanol–water partition coefficient (Wildman–Crippen LogP) is 4.04. The minimum Gasteiger partial charge on any atom is -0.481 e. The van der Waals surface area contributed by atoms with Gasteiger partial charge in [0.15, 0.2) is 5.65 Å². The maximum Gasteiger partial charge on any atom is 0.215 e. The second-order valence-electron chi connectivity index (χ2n) is 4.82. The Kier molecular flexibility index (Phi) is 4.12. The molecule has 0 bridgehead atoms. The number of hydrogen-bond acceptors (Lipinski definition) is 4. The summed E-state index contributed by atoms with van der Waals surface area (Å²) in [6.07, 6.45) is 0.935. The number of thiophene rings is 1. The number of hydrogen-bond donors (Lipinski definition) is 0. The summed E-state index contributed by atoms with van der Waals surface area (Å²) in [7, 11) is 1.62. The van der Waals surface area contributed by atoms with E-state index in [1.165, 1.54) is 5.56 Å². The van der Waals surface area contributed by atoms with Gasteiger partial charge in [-0.05, 0) is 41.8 Å². The third kappa shape index (κ3) is 2.89. The molecule has 0 radical (unpaired) electrons. The van der Waals surface area contributed by atoms with Gasteiger partial charge in [0.25, 0.3) is 0 Å². The SMILES string of the molecule is COc1ccc2nc(C(C)Cl)n(CCc3ccsc3)c2n1. The lowest BCUT2D eigenvalue weighted by atomic mass is 10.2. The molecule has 3 aromatic heterocycles. The van der Waals surface area contributed by atoms with Crippen molar-refractivity contribution in [3.8, 4) is 5.88 Å². The molecule has 21 heavy (non-hydrogen) atoms. The maximum atomic E-state index is 6.27. The van der Waals surface area contributed by atoms with Gasteiger partial charge in [0.2, 0.25) is 5.88 Å². The van der Waals surface area contributed by atoms with E-state index in [0.717, 1.165) is 30.0 Å². The van der Waals surface area contributed by atoms with Crippen molar-refractivity contribution in [2.45, 2.75) is 25.3 Å². The van der Waals surface area contributed by atoms with Crippen LogP contribution in [0.2, 0.25) is 0 Å². The van der Waals surface area contributed by atoms with Gasteiger partial charge < -0.3 is 9.30 Å². The van der Waals surface area contributed by atoms with Gasteiger partial charge in [-0.25, -0.2) is 4.98 Å². The molecular formula is C15H16ClN3OS. The highest BCUT2D eigenvalue weighted by atomic mass is 35.5. The van der Waals surface area contributed by atoms with Crippen LogP contribution in [0.3, 0.4) is 0 Å². The number of fused-ring (bicyclic) bond motifs is 1. The van der Waals surface area contributed by atoms with Crippen LogP contribution in [0.25, 0.3) is 11.2 Å². The Hall–Kier alpha value is -1.59. The summed E-state index contributed by atoms with van der Waals surface area (Å²) in [5.74, 6) is 1.44. The number of aryl methyl sites for hydroxylation is 2. The Morgan fingerprint density at radius 1 is 1.33 bits per heavy atom. The Morgan fingerprint density at radius 2 is 2.19 bits per heavy atom. The third-order valence-corrected chi connectivity index (χ3v) is 4.29. The second-order valence-corrected chi connectivity index (χ2v) is 6.25. The first-order valence-electron chi connectivity index (χ1n) is 6.75. The van der Waals surface area contributed by atoms with Gasteiger partial charge in [-0.3, -0.25) is 0 Å². The second kappa shape index (κ2) is 6.03. The smallest absolute Gasteiger partial charge is 0.215 e. The normalized spacial score (nSPS) is 12.7. The highest BCUT2D eigenvalue weighted by Crippen LogP contribution is 2.25. The standard InChI is InChI=1S/C15H16ClN3OS/c1-10(16)14-17-12-3-4-13(20-2)18-15(12)19(14)7-5-11-6-8-21-9-11/h3-4,6,8-10H,5,7H2,1-2H3. The molecule has 6 heteroatoms. The number of nitrogens with zero attached hydrogens (tertiary/aromatic N) is 3. The molecule has 0 N–H and O–H groups in total. The Labute approximate surface area is 132 Å². The van der Waals surface area contributed by atoms with E-state index in [1.807, 2.05) is 19.1 Å². The van der Waals surface area contributed by atoms with Gasteiger partial charge in [-0.15, -0.1) is 11.6 Å². The van der Waals surface area contributed by atoms with Crippen LogP contribution in [-0.4, -0.2) is 21.6 Å². The van der Waals surface area contributed by atoms with Crippen molar-refractivity contribution in [3.63, 3.8) is 0 Å². The number of rotatable bonds is 5. The van der Waals surface area contributed by atoms with Crippen LogP contribution in [0, 0.1) is 0 Å². The number of alkyl halides is 1. The minimum atomic E-state index is -0.160. The van der Waals surface area contributed by atoms with Crippen molar-refractivity contribution in [3.05, 3.63) is 40.3 Å². The number of aromatic nitrogens is 3. The summed E-state index contributed by atoms with van der Waals surface area (Å²) < 4.78 is 7.30. The van der Waals surface area contributed by atoms with E-state index in [0.29, 0.717) is 5.88 Å². The molecule has 0 saturated carbocycles. The molecule has 4 nitrogen and oxygen atoms in total. The van der Waals surface area contributed by atoms with Gasteiger partial charge in [-0.1, -0.05) is 0 Å². The van der Waals surface area contributed by atoms with Crippen molar-refractivity contribution >= 4 is 34.1 Å². The fraction of sp³-hybridized carbons (Fsp3) is 0.333. The van der Waals surface area contributed by atoms with Crippen LogP contribution in [-0.2, 0) is 13.0 Å². The van der Waals surface area contributed by atoms with Crippen LogP contribution in [0.15, 0.2) is 29.0 Å². The van der Waals surface area contributed by atoms with Crippen LogP contribution in [0.4, 0.5) is 0 Å². The van der Waals surface area contributed by atoms with Crippen molar-refractivity contribution in [1.82, 2.24) is 14.5 Å². The number of ether oxygens (including phenoxy) is 1. The monoisotopic (exact) mass is 321 g/mol. The van der Waals surface area contributed by atoms with Gasteiger partial charge in [0, 0.05) is 12.6 Å². The first-order valence-corrected chi connectivity index (χ1v) is 8.13. The minimum absolute atomic E-state index is 0.160. The Morgan fingerprint density at radius 3 is 2.86 bits per heavy atom. The first-order chi connectivity index (χ1) is 10.2. The molecule has 0 aliphatic carbocycles. The lowest BCUT2D eigenvalue weighted by Crippen LogP contribution is -2.07. The summed E-state index contributed by atoms with van der Waals surface area (Å²) in [6.45, 7) is 2.74. The lowest BCUT2D eigenvalue weighted by molar-refractivity contribution is 0.399. The molecule has 0 spiro atoms. The van der Waals surface area contributed by atoms with Gasteiger partial charge in [0.1, 0.15) is 11.3 Å². The van der Waals surface area contributed by atoms with Crippen LogP contribution < -0.4 is 4.74 Å². The molecule has 1 unspecified atom stereocenters. The molecule has 0 saturated heterocycles. The maximum absolute atomic E-state index is 6.27. The molecule has 110 valence electrons. The molecule has 3 aromatic rings. The number of imidazole rings is 1. The van der Waals surface area contributed by atoms with Gasteiger partial charge in [0.05, 0.1) is 12.5 Å². The number of pyridine rings is 1. The van der Waals surface area contributed by atoms with Gasteiger partial charge >= 0.3 is 0 Å². The fourth-order valence-corrected chi connectivity index (χ4v) is 3.19. The number of methoxy groups -OCH3 is 1. The molecule has 0 aliphatic rings. The van der Waals surface area contributed by atoms with E-state index >= 15 is 0 Å². The van der Waals surface area contributed by atoms with Crippen molar-refractivity contribution in [2.24, 2.45) is 0 Å². The summed E-state index contributed by atoms with van der Waals surface area (Å²) >= 11 is 7.98. The topological polar surface area (TPSA) is 39.9 Å². The molecule has 3 rings (SSSR count). The fourth-order valence-electron chi connectivity index (χ4n) is 2.32. The lowest BCUT2D eigenvalue weighted by Gasteiger charge is -2.09. The van der Waals surface area contributed by atoms with E-state index in [9.17, 15) is 0 Å². The average Bonchev–Trinajstić information content (AvgIpc) is 3.11. The highest BCUT2D eigenvalue weighted by molar-refractivity contribution is 7.07.